The fraction of sp³-hybridized carbons (Fsp3) is 0.286. The molecule has 4 rings (SSSR count). The number of hydrogen-bond donors (Lipinski definition) is 1. The van der Waals surface area contributed by atoms with Crippen LogP contribution >= 0.6 is 0 Å². The van der Waals surface area contributed by atoms with Crippen LogP contribution in [0.2, 0.25) is 12.1 Å². The van der Waals surface area contributed by atoms with Gasteiger partial charge in [-0.05, 0) is 59.7 Å². The quantitative estimate of drug-likeness (QED) is 0.265. The molecule has 0 saturated carbocycles. The van der Waals surface area contributed by atoms with E-state index in [-0.39, 0.29) is 0 Å². The Morgan fingerprint density at radius 2 is 1.55 bits per heavy atom. The van der Waals surface area contributed by atoms with Crippen molar-refractivity contribution >= 4 is 18.6 Å². The second-order valence-electron chi connectivity index (χ2n) is 8.63. The molecule has 0 bridgehead atoms. The lowest BCUT2D eigenvalue weighted by atomic mass is 10.1. The smallest absolute Gasteiger partial charge is 0.141 e. The first-order chi connectivity index (χ1) is 16.2. The number of benzene rings is 2. The van der Waals surface area contributed by atoms with Crippen molar-refractivity contribution in [2.75, 3.05) is 0 Å². The van der Waals surface area contributed by atoms with Crippen LogP contribution in [0, 0.1) is 0 Å². The summed E-state index contributed by atoms with van der Waals surface area (Å²) < 4.78 is 6.37. The molecular formula is C28H33N3OSi. The van der Waals surface area contributed by atoms with Gasteiger partial charge in [-0.2, -0.15) is 5.10 Å². The minimum atomic E-state index is -2.00. The first kappa shape index (κ1) is 23.0. The third kappa shape index (κ3) is 5.42. The maximum atomic E-state index is 6.37. The lowest BCUT2D eigenvalue weighted by Crippen LogP contribution is -2.59. The van der Waals surface area contributed by atoms with Crippen LogP contribution in [0.4, 0.5) is 0 Å². The normalized spacial score (nSPS) is 11.5. The molecule has 1 N–H and O–H groups in total. The molecule has 2 heterocycles. The molecule has 0 unspecified atom stereocenters. The predicted molar refractivity (Wildman–Crippen MR) is 139 cm³/mol. The van der Waals surface area contributed by atoms with E-state index in [1.54, 1.807) is 6.20 Å². The topological polar surface area (TPSA) is 50.8 Å². The highest BCUT2D eigenvalue weighted by molar-refractivity contribution is 7.01. The summed E-state index contributed by atoms with van der Waals surface area (Å²) in [6.45, 7) is 4.56. The molecule has 0 fully saturated rings. The number of unbranched alkanes of at least 4 members (excludes halogenated alkanes) is 2. The van der Waals surface area contributed by atoms with Gasteiger partial charge in [0.15, 0.2) is 0 Å². The second kappa shape index (κ2) is 11.1. The van der Waals surface area contributed by atoms with E-state index in [4.69, 9.17) is 9.72 Å². The summed E-state index contributed by atoms with van der Waals surface area (Å²) >= 11 is 0. The minimum Gasteiger partial charge on any atom is -0.457 e. The van der Waals surface area contributed by atoms with Crippen molar-refractivity contribution in [1.82, 2.24) is 15.2 Å². The lowest BCUT2D eigenvalue weighted by molar-refractivity contribution is 0.483. The van der Waals surface area contributed by atoms with Crippen LogP contribution < -0.4 is 15.2 Å². The molecule has 5 heteroatoms. The molecular weight excluding hydrogens is 422 g/mol. The van der Waals surface area contributed by atoms with E-state index >= 15 is 0 Å². The minimum absolute atomic E-state index is 0.825. The van der Waals surface area contributed by atoms with Crippen LogP contribution in [0.5, 0.6) is 11.5 Å². The van der Waals surface area contributed by atoms with E-state index < -0.39 is 8.07 Å². The molecule has 0 amide bonds. The monoisotopic (exact) mass is 455 g/mol. The summed E-state index contributed by atoms with van der Waals surface area (Å²) in [5, 5.41) is 9.80. The van der Waals surface area contributed by atoms with Crippen LogP contribution in [0.25, 0.3) is 11.3 Å². The zero-order valence-electron chi connectivity index (χ0n) is 19.6. The fourth-order valence-electron chi connectivity index (χ4n) is 4.56. The first-order valence-electron chi connectivity index (χ1n) is 12.0. The second-order valence-corrected chi connectivity index (χ2v) is 12.9. The highest BCUT2D eigenvalue weighted by atomic mass is 28.3. The van der Waals surface area contributed by atoms with Crippen LogP contribution in [0.1, 0.15) is 39.5 Å². The van der Waals surface area contributed by atoms with E-state index in [2.05, 4.69) is 72.6 Å². The number of ether oxygens (including phenoxy) is 1. The third-order valence-corrected chi connectivity index (χ3v) is 11.4. The molecule has 0 aliphatic carbocycles. The van der Waals surface area contributed by atoms with Crippen molar-refractivity contribution in [1.29, 1.82) is 0 Å². The molecule has 4 nitrogen and oxygen atoms in total. The Labute approximate surface area is 198 Å². The van der Waals surface area contributed by atoms with Crippen molar-refractivity contribution in [3.8, 4) is 22.8 Å². The maximum absolute atomic E-state index is 6.37. The molecule has 0 spiro atoms. The van der Waals surface area contributed by atoms with Crippen molar-refractivity contribution in [3.63, 3.8) is 0 Å². The molecule has 4 aromatic rings. The third-order valence-electron chi connectivity index (χ3n) is 6.34. The Morgan fingerprint density at radius 3 is 2.21 bits per heavy atom. The van der Waals surface area contributed by atoms with Gasteiger partial charge in [0, 0.05) is 23.3 Å². The number of nitrogens with one attached hydrogen (secondary N) is 1. The Morgan fingerprint density at radius 1 is 0.788 bits per heavy atom. The summed E-state index contributed by atoms with van der Waals surface area (Å²) in [5.74, 6) is 1.71. The zero-order valence-corrected chi connectivity index (χ0v) is 20.6. The average Bonchev–Trinajstić information content (AvgIpc) is 3.41. The molecule has 0 aliphatic rings. The molecule has 0 saturated heterocycles. The van der Waals surface area contributed by atoms with Gasteiger partial charge in [-0.25, -0.2) is 0 Å². The number of aromatic nitrogens is 3. The van der Waals surface area contributed by atoms with Crippen LogP contribution in [-0.4, -0.2) is 23.3 Å². The Hall–Kier alpha value is -3.18. The van der Waals surface area contributed by atoms with Gasteiger partial charge in [-0.3, -0.25) is 10.1 Å². The van der Waals surface area contributed by atoms with E-state index in [1.165, 1.54) is 48.3 Å². The number of hydrogen-bond acceptors (Lipinski definition) is 3. The van der Waals surface area contributed by atoms with Gasteiger partial charge in [0.05, 0.1) is 5.69 Å². The largest absolute Gasteiger partial charge is 0.457 e. The number of aromatic amines is 1. The van der Waals surface area contributed by atoms with Crippen LogP contribution in [-0.2, 0) is 0 Å². The van der Waals surface area contributed by atoms with Crippen molar-refractivity contribution in [2.24, 2.45) is 0 Å². The van der Waals surface area contributed by atoms with Gasteiger partial charge in [-0.15, -0.1) is 0 Å². The molecule has 33 heavy (non-hydrogen) atoms. The van der Waals surface area contributed by atoms with E-state index in [1.807, 2.05) is 30.5 Å². The molecule has 0 atom stereocenters. The van der Waals surface area contributed by atoms with E-state index in [0.717, 1.165) is 22.8 Å². The Balaban J connectivity index is 1.69. The summed E-state index contributed by atoms with van der Waals surface area (Å²) in [6, 6.07) is 27.7. The van der Waals surface area contributed by atoms with E-state index in [0.29, 0.717) is 0 Å². The van der Waals surface area contributed by atoms with E-state index in [9.17, 15) is 0 Å². The van der Waals surface area contributed by atoms with Crippen molar-refractivity contribution in [2.45, 2.75) is 51.6 Å². The summed E-state index contributed by atoms with van der Waals surface area (Å²) in [5.41, 5.74) is 2.04. The number of H-pyrrole nitrogens is 1. The lowest BCUT2D eigenvalue weighted by Gasteiger charge is -2.32. The Bertz CT molecular complexity index is 1120. The maximum Gasteiger partial charge on any atom is 0.141 e. The molecule has 0 aliphatic heterocycles. The summed E-state index contributed by atoms with van der Waals surface area (Å²) in [6.07, 6.45) is 8.57. The number of rotatable bonds is 11. The van der Waals surface area contributed by atoms with Gasteiger partial charge in [0.1, 0.15) is 19.6 Å². The highest BCUT2D eigenvalue weighted by Crippen LogP contribution is 2.28. The number of pyridine rings is 1. The Kier molecular flexibility index (Phi) is 7.73. The SMILES string of the molecule is CCCC[Si](CCCC)(c1cccc(Oc2cccc(-c3ccn[nH]3)c2)c1)c1ccccn1. The zero-order chi connectivity index (χ0) is 22.9. The van der Waals surface area contributed by atoms with Gasteiger partial charge in [0.2, 0.25) is 0 Å². The van der Waals surface area contributed by atoms with Crippen LogP contribution in [0.3, 0.4) is 0 Å². The number of nitrogens with zero attached hydrogens (tertiary/aromatic N) is 2. The summed E-state index contributed by atoms with van der Waals surface area (Å²) in [7, 11) is -2.00. The van der Waals surface area contributed by atoms with Gasteiger partial charge >= 0.3 is 0 Å². The fourth-order valence-corrected chi connectivity index (χ4v) is 9.68. The van der Waals surface area contributed by atoms with Crippen LogP contribution in [0.15, 0.2) is 85.2 Å². The highest BCUT2D eigenvalue weighted by Gasteiger charge is 2.37. The van der Waals surface area contributed by atoms with Crippen molar-refractivity contribution < 1.29 is 4.74 Å². The van der Waals surface area contributed by atoms with Gasteiger partial charge in [-0.1, -0.05) is 69.9 Å². The molecule has 2 aromatic carbocycles. The standard InChI is InChI=1S/C28H33N3OSi/c1-3-5-19-33(20-6-4-2,28-15-7-8-17-29-28)26-14-10-13-25(22-26)32-24-12-9-11-23(21-24)27-16-18-30-31-27/h7-18,21-22H,3-6,19-20H2,1-2H3,(H,30,31). The molecule has 0 radical (unpaired) electrons. The predicted octanol–water partition coefficient (Wildman–Crippen LogP) is 6.43. The van der Waals surface area contributed by atoms with Gasteiger partial charge < -0.3 is 4.74 Å². The average molecular weight is 456 g/mol. The summed E-state index contributed by atoms with van der Waals surface area (Å²) in [4.78, 5) is 4.90. The molecule has 170 valence electrons. The first-order valence-corrected chi connectivity index (χ1v) is 14.5. The molecule has 2 aromatic heterocycles. The van der Waals surface area contributed by atoms with Crippen molar-refractivity contribution in [3.05, 3.63) is 85.2 Å². The van der Waals surface area contributed by atoms with Gasteiger partial charge in [0.25, 0.3) is 0 Å².